The van der Waals surface area contributed by atoms with Crippen molar-refractivity contribution >= 4 is 33.5 Å². The number of nitrogens with one attached hydrogen (secondary N) is 2. The number of rotatable bonds is 2. The molecule has 262 valence electrons. The van der Waals surface area contributed by atoms with E-state index in [9.17, 15) is 14.7 Å². The van der Waals surface area contributed by atoms with E-state index in [0.29, 0.717) is 12.3 Å². The first-order chi connectivity index (χ1) is 23.8. The van der Waals surface area contributed by atoms with E-state index in [-0.39, 0.29) is 46.4 Å². The number of esters is 2. The molecule has 10 aliphatic rings. The summed E-state index contributed by atoms with van der Waals surface area (Å²) in [4.78, 5) is 28.9. The molecule has 0 amide bonds. The number of carbonyl (C=O) groups excluding carboxylic acids is 2. The Balaban J connectivity index is 1.26. The second-order valence-corrected chi connectivity index (χ2v) is 18.8. The molecule has 7 bridgehead atoms. The van der Waals surface area contributed by atoms with Crippen LogP contribution in [0.3, 0.4) is 0 Å². The largest absolute Gasteiger partial charge is 0.427 e. The van der Waals surface area contributed by atoms with E-state index >= 15 is 0 Å². The average molecular weight is 703 g/mol. The molecule has 3 N–H and O–H groups in total. The van der Waals surface area contributed by atoms with Crippen LogP contribution >= 0.6 is 21.6 Å². The van der Waals surface area contributed by atoms with Gasteiger partial charge in [0.1, 0.15) is 17.0 Å². The van der Waals surface area contributed by atoms with Crippen molar-refractivity contribution < 1.29 is 24.2 Å². The van der Waals surface area contributed by atoms with E-state index in [1.54, 1.807) is 10.8 Å². The second kappa shape index (κ2) is 12.1. The molecule has 9 heteroatoms. The third-order valence-corrected chi connectivity index (χ3v) is 16.6. The van der Waals surface area contributed by atoms with E-state index < -0.39 is 10.9 Å². The van der Waals surface area contributed by atoms with E-state index in [0.717, 1.165) is 111 Å². The summed E-state index contributed by atoms with van der Waals surface area (Å²) in [7, 11) is 3.11. The van der Waals surface area contributed by atoms with Crippen LogP contribution in [0.25, 0.3) is 0 Å². The Labute approximate surface area is 298 Å². The lowest BCUT2D eigenvalue weighted by molar-refractivity contribution is -0.135. The summed E-state index contributed by atoms with van der Waals surface area (Å²) in [6.45, 7) is 5.08. The molecular formula is C40H50N2O5S2. The minimum atomic E-state index is -0.686. The highest BCUT2D eigenvalue weighted by atomic mass is 33.1. The molecule has 0 aromatic heterocycles. The molecule has 4 heterocycles. The SMILES string of the molecule is CCC1(C=C2OC(=O)C3=C2CCC2C4CCC5(C6=CCC(C)C(O)SSCNC7=CC(=CCN7)C7(CCCC7)C4=C5C(=O)O6)C32)CCCC1. The predicted octanol–water partition coefficient (Wildman–Crippen LogP) is 8.09. The van der Waals surface area contributed by atoms with Gasteiger partial charge < -0.3 is 25.2 Å². The molecule has 6 aliphatic carbocycles. The summed E-state index contributed by atoms with van der Waals surface area (Å²) in [6.07, 6.45) is 23.5. The highest BCUT2D eigenvalue weighted by Gasteiger charge is 2.70. The van der Waals surface area contributed by atoms with Crippen LogP contribution in [0.1, 0.15) is 104 Å². The van der Waals surface area contributed by atoms with Crippen molar-refractivity contribution in [2.45, 2.75) is 109 Å². The number of aliphatic hydroxyl groups is 1. The van der Waals surface area contributed by atoms with Crippen LogP contribution in [0, 0.1) is 39.9 Å². The lowest BCUT2D eigenvalue weighted by atomic mass is 9.42. The lowest BCUT2D eigenvalue weighted by Gasteiger charge is -2.59. The highest BCUT2D eigenvalue weighted by Crippen LogP contribution is 2.74. The summed E-state index contributed by atoms with van der Waals surface area (Å²) >= 11 is 0. The van der Waals surface area contributed by atoms with Gasteiger partial charge >= 0.3 is 11.9 Å². The first-order valence-corrected chi connectivity index (χ1v) is 21.4. The monoisotopic (exact) mass is 702 g/mol. The maximum Gasteiger partial charge on any atom is 0.340 e. The molecule has 4 fully saturated rings. The zero-order valence-electron chi connectivity index (χ0n) is 28.9. The first kappa shape index (κ1) is 32.5. The number of carbonyl (C=O) groups is 2. The van der Waals surface area contributed by atoms with Crippen LogP contribution in [-0.2, 0) is 19.1 Å². The quantitative estimate of drug-likeness (QED) is 0.195. The van der Waals surface area contributed by atoms with Gasteiger partial charge in [0.15, 0.2) is 0 Å². The summed E-state index contributed by atoms with van der Waals surface area (Å²) in [5.74, 6) is 3.12. The molecule has 2 spiro atoms. The van der Waals surface area contributed by atoms with Gasteiger partial charge in [0.25, 0.3) is 0 Å². The third kappa shape index (κ3) is 4.79. The molecule has 0 aromatic carbocycles. The zero-order chi connectivity index (χ0) is 33.5. The van der Waals surface area contributed by atoms with Gasteiger partial charge in [-0.05, 0) is 117 Å². The first-order valence-electron chi connectivity index (χ1n) is 19.0. The van der Waals surface area contributed by atoms with Crippen molar-refractivity contribution in [2.75, 3.05) is 12.4 Å². The lowest BCUT2D eigenvalue weighted by Crippen LogP contribution is -2.54. The van der Waals surface area contributed by atoms with Crippen molar-refractivity contribution in [3.8, 4) is 0 Å². The molecule has 7 nitrogen and oxygen atoms in total. The van der Waals surface area contributed by atoms with Gasteiger partial charge in [-0.2, -0.15) is 0 Å². The van der Waals surface area contributed by atoms with Gasteiger partial charge in [-0.25, -0.2) is 9.59 Å². The molecular weight excluding hydrogens is 653 g/mol. The minimum Gasteiger partial charge on any atom is -0.427 e. The van der Waals surface area contributed by atoms with Crippen molar-refractivity contribution in [1.29, 1.82) is 0 Å². The van der Waals surface area contributed by atoms with Crippen molar-refractivity contribution in [1.82, 2.24) is 10.6 Å². The van der Waals surface area contributed by atoms with Crippen LogP contribution in [-0.4, -0.2) is 34.9 Å². The predicted molar refractivity (Wildman–Crippen MR) is 193 cm³/mol. The number of aliphatic hydroxyl groups excluding tert-OH is 1. The van der Waals surface area contributed by atoms with Crippen LogP contribution in [0.5, 0.6) is 0 Å². The fourth-order valence-electron chi connectivity index (χ4n) is 11.8. The maximum absolute atomic E-state index is 14.6. The third-order valence-electron chi connectivity index (χ3n) is 14.2. The Morgan fingerprint density at radius 2 is 1.80 bits per heavy atom. The van der Waals surface area contributed by atoms with E-state index in [1.807, 2.05) is 0 Å². The molecule has 0 radical (unpaired) electrons. The molecule has 6 unspecified atom stereocenters. The number of dihydropyridines is 1. The number of hydrogen-bond acceptors (Lipinski definition) is 9. The Bertz CT molecular complexity index is 1660. The fraction of sp³-hybridized carbons (Fsp3) is 0.650. The number of cyclic esters (lactones) is 1. The van der Waals surface area contributed by atoms with E-state index in [1.165, 1.54) is 34.8 Å². The van der Waals surface area contributed by atoms with E-state index in [4.69, 9.17) is 9.47 Å². The summed E-state index contributed by atoms with van der Waals surface area (Å²) in [5, 5.41) is 18.2. The zero-order valence-corrected chi connectivity index (χ0v) is 30.5. The standard InChI is InChI=1S/C40H50N2O5S2/c1-3-38(14-4-5-15-38)21-28-27-10-9-25-26-12-18-40(32(25)31(27)35(43)46-28)29-11-8-23(2)37(45)49-48-22-42-30-20-24(13-19-41-30)39(16-6-7-17-39)33(26)34(40)36(44)47-29/h11,13,20-21,23,25-26,32,37,41-42,45H,3-10,12,14-19,22H2,1-2H3. The smallest absolute Gasteiger partial charge is 0.340 e. The summed E-state index contributed by atoms with van der Waals surface area (Å²) in [5.41, 5.74) is 4.08. The number of fused-ring (bicyclic) bond motifs is 3. The highest BCUT2D eigenvalue weighted by molar-refractivity contribution is 8.76. The Hall–Kier alpha value is -2.36. The van der Waals surface area contributed by atoms with Crippen molar-refractivity contribution in [2.24, 2.45) is 39.9 Å². The van der Waals surface area contributed by atoms with E-state index in [2.05, 4.69) is 48.8 Å². The molecule has 6 atom stereocenters. The molecule has 3 saturated carbocycles. The number of allylic oxidation sites excluding steroid dienone is 7. The normalized spacial score (nSPS) is 38.4. The molecule has 4 aliphatic heterocycles. The van der Waals surface area contributed by atoms with Crippen LogP contribution in [0.2, 0.25) is 0 Å². The Morgan fingerprint density at radius 3 is 2.59 bits per heavy atom. The van der Waals surface area contributed by atoms with Crippen LogP contribution < -0.4 is 10.6 Å². The van der Waals surface area contributed by atoms with Gasteiger partial charge in [-0.1, -0.05) is 67.2 Å². The molecule has 10 rings (SSSR count). The van der Waals surface area contributed by atoms with Gasteiger partial charge in [-0.3, -0.25) is 0 Å². The molecule has 49 heavy (non-hydrogen) atoms. The van der Waals surface area contributed by atoms with Crippen LogP contribution in [0.4, 0.5) is 0 Å². The average Bonchev–Trinajstić information content (AvgIpc) is 3.92. The van der Waals surface area contributed by atoms with Crippen molar-refractivity contribution in [3.63, 3.8) is 0 Å². The fourth-order valence-corrected chi connectivity index (χ4v) is 13.9. The van der Waals surface area contributed by atoms with Gasteiger partial charge in [0, 0.05) is 29.0 Å². The van der Waals surface area contributed by atoms with Gasteiger partial charge in [0.05, 0.1) is 22.7 Å². The maximum atomic E-state index is 14.6. The van der Waals surface area contributed by atoms with Crippen LogP contribution in [0.15, 0.2) is 69.5 Å². The Kier molecular flexibility index (Phi) is 8.05. The van der Waals surface area contributed by atoms with Crippen molar-refractivity contribution in [3.05, 3.63) is 69.5 Å². The Morgan fingerprint density at radius 1 is 1.00 bits per heavy atom. The topological polar surface area (TPSA) is 96.9 Å². The molecule has 1 saturated heterocycles. The summed E-state index contributed by atoms with van der Waals surface area (Å²) in [6, 6.07) is 0. The minimum absolute atomic E-state index is 0.0391. The number of ether oxygens (including phenoxy) is 2. The summed E-state index contributed by atoms with van der Waals surface area (Å²) < 4.78 is 12.8. The number of hydrogen-bond donors (Lipinski definition) is 3. The van der Waals surface area contributed by atoms with Gasteiger partial charge in [0.2, 0.25) is 0 Å². The second-order valence-electron chi connectivity index (χ2n) is 16.3. The van der Waals surface area contributed by atoms with Gasteiger partial charge in [-0.15, -0.1) is 0 Å². The molecule has 0 aromatic rings.